The fourth-order valence-electron chi connectivity index (χ4n) is 5.30. The minimum Gasteiger partial charge on any atom is -0.490 e. The van der Waals surface area contributed by atoms with E-state index in [0.29, 0.717) is 12.0 Å². The topological polar surface area (TPSA) is 58.5 Å². The van der Waals surface area contributed by atoms with Gasteiger partial charge < -0.3 is 14.6 Å². The summed E-state index contributed by atoms with van der Waals surface area (Å²) in [5, 5.41) is 9.63. The second-order valence-corrected chi connectivity index (χ2v) is 9.79. The molecule has 5 rings (SSSR count). The SMILES string of the molecule is CCCN1CCC(Oc2ccc3[nH]c(-c4cn5cnnc5c(C)c4C)c(C(C)C)c3c2)CC1. The highest BCUT2D eigenvalue weighted by Gasteiger charge is 2.22. The van der Waals surface area contributed by atoms with Crippen molar-refractivity contribution in [2.24, 2.45) is 0 Å². The Kier molecular flexibility index (Phi) is 5.87. The zero-order valence-electron chi connectivity index (χ0n) is 20.5. The van der Waals surface area contributed by atoms with Gasteiger partial charge in [-0.05, 0) is 80.5 Å². The molecule has 0 radical (unpaired) electrons. The number of H-pyrrole nitrogens is 1. The Morgan fingerprint density at radius 3 is 2.67 bits per heavy atom. The van der Waals surface area contributed by atoms with Crippen molar-refractivity contribution in [1.29, 1.82) is 0 Å². The van der Waals surface area contributed by atoms with Crippen LogP contribution in [0.15, 0.2) is 30.7 Å². The van der Waals surface area contributed by atoms with E-state index in [4.69, 9.17) is 4.74 Å². The number of rotatable bonds is 6. The second-order valence-electron chi connectivity index (χ2n) is 9.79. The highest BCUT2D eigenvalue weighted by atomic mass is 16.5. The minimum atomic E-state index is 0.303. The predicted octanol–water partition coefficient (Wildman–Crippen LogP) is 5.87. The van der Waals surface area contributed by atoms with E-state index >= 15 is 0 Å². The second kappa shape index (κ2) is 8.82. The largest absolute Gasteiger partial charge is 0.490 e. The number of fused-ring (bicyclic) bond motifs is 2. The number of aryl methyl sites for hydroxylation is 1. The van der Waals surface area contributed by atoms with Crippen LogP contribution in [0.1, 0.15) is 62.6 Å². The normalized spacial score (nSPS) is 15.8. The lowest BCUT2D eigenvalue weighted by molar-refractivity contribution is 0.101. The Hall–Kier alpha value is -2.86. The van der Waals surface area contributed by atoms with E-state index in [9.17, 15) is 0 Å². The zero-order chi connectivity index (χ0) is 23.1. The minimum absolute atomic E-state index is 0.303. The maximum absolute atomic E-state index is 6.47. The molecule has 6 heteroatoms. The standard InChI is InChI=1S/C27H35N5O/c1-6-11-31-12-9-20(10-13-31)33-21-7-8-24-22(14-21)25(17(2)3)26(29-24)23-15-32-16-28-30-27(32)19(5)18(23)4/h7-8,14-17,20,29H,6,9-13H2,1-5H3. The molecule has 0 spiro atoms. The molecule has 1 saturated heterocycles. The van der Waals surface area contributed by atoms with Crippen LogP contribution in [0.2, 0.25) is 0 Å². The molecule has 4 aromatic rings. The molecule has 1 aliphatic heterocycles. The number of aromatic nitrogens is 4. The Bertz CT molecular complexity index is 1280. The monoisotopic (exact) mass is 445 g/mol. The van der Waals surface area contributed by atoms with E-state index in [1.807, 2.05) is 4.40 Å². The molecule has 0 unspecified atom stereocenters. The molecule has 1 aliphatic rings. The molecule has 33 heavy (non-hydrogen) atoms. The van der Waals surface area contributed by atoms with Crippen LogP contribution in [0.4, 0.5) is 0 Å². The van der Waals surface area contributed by atoms with Gasteiger partial charge in [-0.3, -0.25) is 4.40 Å². The number of ether oxygens (including phenoxy) is 1. The van der Waals surface area contributed by atoms with Crippen LogP contribution in [0.3, 0.4) is 0 Å². The molecule has 0 atom stereocenters. The summed E-state index contributed by atoms with van der Waals surface area (Å²) in [6.45, 7) is 14.6. The first-order valence-electron chi connectivity index (χ1n) is 12.3. The number of hydrogen-bond acceptors (Lipinski definition) is 4. The zero-order valence-corrected chi connectivity index (χ0v) is 20.5. The Balaban J connectivity index is 1.51. The third-order valence-corrected chi connectivity index (χ3v) is 7.18. The van der Waals surface area contributed by atoms with E-state index in [1.54, 1.807) is 6.33 Å². The number of benzene rings is 1. The van der Waals surface area contributed by atoms with Crippen LogP contribution in [-0.4, -0.2) is 50.2 Å². The molecule has 1 aromatic carbocycles. The molecule has 0 amide bonds. The molecule has 6 nitrogen and oxygen atoms in total. The van der Waals surface area contributed by atoms with Gasteiger partial charge in [0.15, 0.2) is 5.65 Å². The summed E-state index contributed by atoms with van der Waals surface area (Å²) in [5.41, 5.74) is 8.18. The van der Waals surface area contributed by atoms with Crippen LogP contribution >= 0.6 is 0 Å². The quantitative estimate of drug-likeness (QED) is 0.403. The van der Waals surface area contributed by atoms with Gasteiger partial charge in [-0.2, -0.15) is 0 Å². The van der Waals surface area contributed by atoms with E-state index in [0.717, 1.165) is 48.4 Å². The van der Waals surface area contributed by atoms with Crippen LogP contribution in [-0.2, 0) is 0 Å². The van der Waals surface area contributed by atoms with Crippen molar-refractivity contribution in [2.75, 3.05) is 19.6 Å². The molecule has 3 aromatic heterocycles. The van der Waals surface area contributed by atoms with Gasteiger partial charge >= 0.3 is 0 Å². The van der Waals surface area contributed by atoms with Crippen molar-refractivity contribution in [3.63, 3.8) is 0 Å². The number of likely N-dealkylation sites (tertiary alicyclic amines) is 1. The summed E-state index contributed by atoms with van der Waals surface area (Å²) in [5.74, 6) is 1.35. The summed E-state index contributed by atoms with van der Waals surface area (Å²) in [7, 11) is 0. The van der Waals surface area contributed by atoms with E-state index in [-0.39, 0.29) is 0 Å². The lowest BCUT2D eigenvalue weighted by Crippen LogP contribution is -2.38. The molecule has 0 saturated carbocycles. The Morgan fingerprint density at radius 2 is 1.94 bits per heavy atom. The van der Waals surface area contributed by atoms with Crippen LogP contribution < -0.4 is 4.74 Å². The number of nitrogens with zero attached hydrogens (tertiary/aromatic N) is 4. The fraction of sp³-hybridized carbons (Fsp3) is 0.481. The summed E-state index contributed by atoms with van der Waals surface area (Å²) < 4.78 is 8.49. The van der Waals surface area contributed by atoms with Crippen molar-refractivity contribution in [1.82, 2.24) is 24.5 Å². The number of aromatic amines is 1. The number of piperidine rings is 1. The van der Waals surface area contributed by atoms with Gasteiger partial charge in [0.2, 0.25) is 0 Å². The summed E-state index contributed by atoms with van der Waals surface area (Å²) in [6, 6.07) is 6.53. The van der Waals surface area contributed by atoms with Gasteiger partial charge in [-0.15, -0.1) is 10.2 Å². The van der Waals surface area contributed by atoms with Gasteiger partial charge in [0.05, 0.1) is 5.69 Å². The Morgan fingerprint density at radius 1 is 1.15 bits per heavy atom. The van der Waals surface area contributed by atoms with Crippen molar-refractivity contribution >= 4 is 16.6 Å². The van der Waals surface area contributed by atoms with Gasteiger partial charge in [0.25, 0.3) is 0 Å². The molecular weight excluding hydrogens is 410 g/mol. The molecule has 0 bridgehead atoms. The summed E-state index contributed by atoms with van der Waals surface area (Å²) in [6.07, 6.45) is 7.66. The van der Waals surface area contributed by atoms with Gasteiger partial charge in [0, 0.05) is 35.8 Å². The molecule has 1 fully saturated rings. The first-order valence-corrected chi connectivity index (χ1v) is 12.3. The van der Waals surface area contributed by atoms with Crippen LogP contribution in [0.25, 0.3) is 27.8 Å². The number of nitrogens with one attached hydrogen (secondary N) is 1. The Labute approximate surface area is 196 Å². The van der Waals surface area contributed by atoms with Gasteiger partial charge in [-0.1, -0.05) is 20.8 Å². The average molecular weight is 446 g/mol. The van der Waals surface area contributed by atoms with Gasteiger partial charge in [0.1, 0.15) is 18.2 Å². The van der Waals surface area contributed by atoms with Crippen LogP contribution in [0, 0.1) is 13.8 Å². The van der Waals surface area contributed by atoms with E-state index < -0.39 is 0 Å². The summed E-state index contributed by atoms with van der Waals surface area (Å²) in [4.78, 5) is 6.27. The van der Waals surface area contributed by atoms with Crippen molar-refractivity contribution in [3.8, 4) is 17.0 Å². The molecule has 4 heterocycles. The lowest BCUT2D eigenvalue weighted by atomic mass is 9.94. The summed E-state index contributed by atoms with van der Waals surface area (Å²) >= 11 is 0. The van der Waals surface area contributed by atoms with Crippen molar-refractivity contribution in [2.45, 2.75) is 65.9 Å². The highest BCUT2D eigenvalue weighted by molar-refractivity contribution is 5.93. The first kappa shape index (κ1) is 22.0. The molecule has 0 aliphatic carbocycles. The van der Waals surface area contributed by atoms with E-state index in [2.05, 4.69) is 79.1 Å². The van der Waals surface area contributed by atoms with E-state index in [1.165, 1.54) is 40.7 Å². The lowest BCUT2D eigenvalue weighted by Gasteiger charge is -2.31. The van der Waals surface area contributed by atoms with Crippen molar-refractivity contribution < 1.29 is 4.74 Å². The van der Waals surface area contributed by atoms with Crippen molar-refractivity contribution in [3.05, 3.63) is 47.4 Å². The predicted molar refractivity (Wildman–Crippen MR) is 134 cm³/mol. The smallest absolute Gasteiger partial charge is 0.163 e. The third kappa shape index (κ3) is 4.01. The average Bonchev–Trinajstić information content (AvgIpc) is 3.42. The first-order chi connectivity index (χ1) is 16.0. The maximum Gasteiger partial charge on any atom is 0.163 e. The molecule has 174 valence electrons. The number of pyridine rings is 1. The maximum atomic E-state index is 6.47. The van der Waals surface area contributed by atoms with Gasteiger partial charge in [-0.25, -0.2) is 0 Å². The third-order valence-electron chi connectivity index (χ3n) is 7.18. The molecular formula is C27H35N5O. The van der Waals surface area contributed by atoms with Crippen LogP contribution in [0.5, 0.6) is 5.75 Å². The highest BCUT2D eigenvalue weighted by Crippen LogP contribution is 2.39. The number of hydrogen-bond donors (Lipinski definition) is 1. The molecule has 1 N–H and O–H groups in total. The fourth-order valence-corrected chi connectivity index (χ4v) is 5.30.